The number of aliphatic carboxylic acids is 1. The van der Waals surface area contributed by atoms with E-state index in [1.54, 1.807) is 36.4 Å². The lowest BCUT2D eigenvalue weighted by molar-refractivity contribution is -0.151. The molecule has 1 aromatic heterocycles. The summed E-state index contributed by atoms with van der Waals surface area (Å²) in [5.74, 6) is -2.85. The molecule has 15 nitrogen and oxygen atoms in total. The summed E-state index contributed by atoms with van der Waals surface area (Å²) in [4.78, 5) is 67.2. The summed E-state index contributed by atoms with van der Waals surface area (Å²) in [6.07, 6.45) is -1.64. The number of thioether (sulfide) groups is 2. The van der Waals surface area contributed by atoms with E-state index in [0.29, 0.717) is 22.6 Å². The van der Waals surface area contributed by atoms with Gasteiger partial charge in [-0.15, -0.1) is 22.0 Å². The zero-order valence-electron chi connectivity index (χ0n) is 24.2. The van der Waals surface area contributed by atoms with Gasteiger partial charge in [0.15, 0.2) is 4.34 Å². The van der Waals surface area contributed by atoms with E-state index < -0.39 is 58.5 Å². The van der Waals surface area contributed by atoms with E-state index in [9.17, 15) is 42.3 Å². The van der Waals surface area contributed by atoms with E-state index in [1.165, 1.54) is 18.0 Å². The molecule has 2 fully saturated rings. The molecule has 21 heteroatoms. The van der Waals surface area contributed by atoms with Crippen molar-refractivity contribution in [2.24, 2.45) is 5.10 Å². The molecule has 0 spiro atoms. The van der Waals surface area contributed by atoms with Crippen molar-refractivity contribution in [2.75, 3.05) is 31.2 Å². The largest absolute Gasteiger partial charge is 0.495 e. The monoisotopic (exact) mass is 724 g/mol. The average Bonchev–Trinajstić information content (AvgIpc) is 3.83. The van der Waals surface area contributed by atoms with Crippen LogP contribution in [0.4, 0.5) is 22.8 Å². The van der Waals surface area contributed by atoms with Crippen LogP contribution in [0.3, 0.4) is 0 Å². The molecular weight excluding hydrogens is 702 g/mol. The number of halogens is 3. The Bertz CT molecular complexity index is 1750. The van der Waals surface area contributed by atoms with Gasteiger partial charge >= 0.3 is 24.2 Å². The van der Waals surface area contributed by atoms with Crippen LogP contribution < -0.4 is 10.6 Å². The third kappa shape index (κ3) is 6.69. The molecule has 0 saturated carbocycles. The second-order valence-electron chi connectivity index (χ2n) is 10.4. The van der Waals surface area contributed by atoms with E-state index >= 15 is 0 Å². The molecule has 3 N–H and O–H groups in total. The number of ether oxygens (including phenoxy) is 1. The number of rotatable bonds is 9. The van der Waals surface area contributed by atoms with E-state index in [-0.39, 0.29) is 46.8 Å². The third-order valence-corrected chi connectivity index (χ3v) is 10.8. The lowest BCUT2D eigenvalue weighted by Gasteiger charge is -2.49. The van der Waals surface area contributed by atoms with Gasteiger partial charge in [0, 0.05) is 11.5 Å². The number of aromatic nitrogens is 2. The second-order valence-corrected chi connectivity index (χ2v) is 13.7. The first-order valence-electron chi connectivity index (χ1n) is 14.0. The third-order valence-electron chi connectivity index (χ3n) is 7.30. The van der Waals surface area contributed by atoms with Crippen molar-refractivity contribution >= 4 is 70.4 Å². The molecule has 5 heterocycles. The molecule has 2 unspecified atom stereocenters. The Labute approximate surface area is 281 Å². The maximum Gasteiger partial charge on any atom is 0.445 e. The molecule has 48 heavy (non-hydrogen) atoms. The second kappa shape index (κ2) is 13.5. The maximum absolute atomic E-state index is 13.6. The molecule has 4 aliphatic heterocycles. The minimum atomic E-state index is -4.66. The number of hydrogen-bond acceptors (Lipinski definition) is 12. The fourth-order valence-corrected chi connectivity index (χ4v) is 8.25. The first-order chi connectivity index (χ1) is 22.9. The van der Waals surface area contributed by atoms with Gasteiger partial charge in [0.2, 0.25) is 10.9 Å². The first-order valence-corrected chi connectivity index (χ1v) is 16.8. The Morgan fingerprint density at radius 3 is 2.60 bits per heavy atom. The van der Waals surface area contributed by atoms with E-state index in [0.717, 1.165) is 26.6 Å². The standard InChI is InChI=1S/C27H23F3N8O7S3/c28-27(29,30)23-33-34-25(48-23)47-12-14-11-46-21-17(20(40)38(21)18(14)22(41)42)31-19(39)16(13-4-2-1-3-5-13)32-24(43)36-7-8-37(26(36)44)35-15-6-9-45-10-15/h1-6,9,16-17,21H,7-8,10-12H2,(H,31,39)(H,32,43)(H,41,42)/t16?,17?,21-/m0/s1. The summed E-state index contributed by atoms with van der Waals surface area (Å²) in [6, 6.07) is 4.09. The van der Waals surface area contributed by atoms with Crippen LogP contribution in [-0.4, -0.2) is 108 Å². The quantitative estimate of drug-likeness (QED) is 0.255. The lowest BCUT2D eigenvalue weighted by atomic mass is 10.0. The Morgan fingerprint density at radius 2 is 1.94 bits per heavy atom. The molecule has 0 bridgehead atoms. The Hall–Kier alpha value is -4.63. The zero-order chi connectivity index (χ0) is 34.2. The highest BCUT2D eigenvalue weighted by Gasteiger charge is 2.54. The van der Waals surface area contributed by atoms with Gasteiger partial charge in [-0.05, 0) is 17.2 Å². The van der Waals surface area contributed by atoms with Gasteiger partial charge in [-0.2, -0.15) is 18.3 Å². The van der Waals surface area contributed by atoms with Gasteiger partial charge in [0.25, 0.3) is 5.91 Å². The fraction of sp³-hybridized carbons (Fsp3) is 0.333. The summed E-state index contributed by atoms with van der Waals surface area (Å²) < 4.78 is 43.7. The van der Waals surface area contributed by atoms with Gasteiger partial charge < -0.3 is 20.5 Å². The van der Waals surface area contributed by atoms with Gasteiger partial charge in [-0.1, -0.05) is 53.4 Å². The van der Waals surface area contributed by atoms with Crippen LogP contribution in [0.2, 0.25) is 0 Å². The summed E-state index contributed by atoms with van der Waals surface area (Å²) in [6.45, 7) is 0.299. The van der Waals surface area contributed by atoms with Crippen molar-refractivity contribution in [3.63, 3.8) is 0 Å². The summed E-state index contributed by atoms with van der Waals surface area (Å²) in [5, 5.41) is 25.1. The van der Waals surface area contributed by atoms with Crippen molar-refractivity contribution in [2.45, 2.75) is 28.0 Å². The maximum atomic E-state index is 13.6. The highest BCUT2D eigenvalue weighted by Crippen LogP contribution is 2.42. The molecule has 6 rings (SSSR count). The van der Waals surface area contributed by atoms with Crippen molar-refractivity contribution < 1.29 is 47.0 Å². The molecule has 2 saturated heterocycles. The van der Waals surface area contributed by atoms with Crippen molar-refractivity contribution in [1.82, 2.24) is 35.6 Å². The normalized spacial score (nSPS) is 22.1. The van der Waals surface area contributed by atoms with Gasteiger partial charge in [0.1, 0.15) is 35.5 Å². The minimum absolute atomic E-state index is 0.00258. The number of alkyl halides is 3. The number of carboxylic acid groups (broad SMARTS) is 1. The number of nitrogens with one attached hydrogen (secondary N) is 2. The topological polar surface area (TPSA) is 187 Å². The number of hydrazone groups is 1. The number of carbonyl (C=O) groups is 5. The Morgan fingerprint density at radius 1 is 1.17 bits per heavy atom. The molecule has 1 aromatic carbocycles. The van der Waals surface area contributed by atoms with Gasteiger partial charge in [-0.3, -0.25) is 14.5 Å². The lowest BCUT2D eigenvalue weighted by Crippen LogP contribution is -2.71. The predicted molar refractivity (Wildman–Crippen MR) is 164 cm³/mol. The van der Waals surface area contributed by atoms with Crippen LogP contribution in [-0.2, 0) is 25.3 Å². The molecule has 3 atom stereocenters. The van der Waals surface area contributed by atoms with E-state index in [2.05, 4.69) is 25.9 Å². The number of benzene rings is 1. The number of carbonyl (C=O) groups excluding carboxylic acids is 4. The van der Waals surface area contributed by atoms with Crippen molar-refractivity contribution in [3.05, 3.63) is 64.5 Å². The summed E-state index contributed by atoms with van der Waals surface area (Å²) >= 11 is 2.36. The van der Waals surface area contributed by atoms with Crippen LogP contribution in [0, 0.1) is 0 Å². The summed E-state index contributed by atoms with van der Waals surface area (Å²) in [7, 11) is 0. The number of amides is 6. The number of imide groups is 1. The molecule has 0 aliphatic carbocycles. The van der Waals surface area contributed by atoms with E-state index in [4.69, 9.17) is 4.74 Å². The predicted octanol–water partition coefficient (Wildman–Crippen LogP) is 2.48. The van der Waals surface area contributed by atoms with Crippen LogP contribution in [0.15, 0.2) is 63.4 Å². The average molecular weight is 725 g/mol. The zero-order valence-corrected chi connectivity index (χ0v) is 26.7. The van der Waals surface area contributed by atoms with Crippen LogP contribution >= 0.6 is 34.9 Å². The number of β-lactam (4-membered cyclic amide) rings is 1. The number of nitrogens with zero attached hydrogens (tertiary/aromatic N) is 6. The Balaban J connectivity index is 1.13. The smallest absolute Gasteiger partial charge is 0.445 e. The first kappa shape index (κ1) is 33.3. The van der Waals surface area contributed by atoms with E-state index in [1.807, 2.05) is 0 Å². The number of urea groups is 2. The minimum Gasteiger partial charge on any atom is -0.495 e. The molecular formula is C27H23F3N8O7S3. The molecule has 0 radical (unpaired) electrons. The highest BCUT2D eigenvalue weighted by atomic mass is 32.2. The fourth-order valence-electron chi connectivity index (χ4n) is 5.04. The van der Waals surface area contributed by atoms with Crippen molar-refractivity contribution in [1.29, 1.82) is 0 Å². The molecule has 252 valence electrons. The SMILES string of the molecule is O=C(O)C1=C(CSc2nnc(C(F)(F)F)s2)CS[C@H]2C(NC(=O)C(NC(=O)N3CCN(N=C4C=COC4)C3=O)c3ccccc3)C(=O)N12. The van der Waals surface area contributed by atoms with Crippen molar-refractivity contribution in [3.8, 4) is 0 Å². The molecule has 6 amide bonds. The Kier molecular flexibility index (Phi) is 9.34. The van der Waals surface area contributed by atoms with Gasteiger partial charge in [-0.25, -0.2) is 24.3 Å². The number of carboxylic acids is 1. The van der Waals surface area contributed by atoms with Crippen LogP contribution in [0.1, 0.15) is 16.6 Å². The van der Waals surface area contributed by atoms with Gasteiger partial charge in [0.05, 0.1) is 19.4 Å². The summed E-state index contributed by atoms with van der Waals surface area (Å²) in [5.41, 5.74) is 0.817. The molecule has 4 aliphatic rings. The van der Waals surface area contributed by atoms with Crippen LogP contribution in [0.25, 0.3) is 0 Å². The number of hydrogen-bond donors (Lipinski definition) is 3. The van der Waals surface area contributed by atoms with Crippen LogP contribution in [0.5, 0.6) is 0 Å². The highest BCUT2D eigenvalue weighted by molar-refractivity contribution is 8.01. The number of fused-ring (bicyclic) bond motifs is 1. The molecule has 2 aromatic rings.